The molecule has 3 N–H and O–H groups in total. The molecule has 2 amide bonds. The van der Waals surface area contributed by atoms with Crippen molar-refractivity contribution in [3.63, 3.8) is 0 Å². The first-order valence-electron chi connectivity index (χ1n) is 12.2. The van der Waals surface area contributed by atoms with Gasteiger partial charge in [0.05, 0.1) is 6.04 Å². The lowest BCUT2D eigenvalue weighted by molar-refractivity contribution is -0.155. The van der Waals surface area contributed by atoms with Gasteiger partial charge in [0.2, 0.25) is 5.91 Å². The number of aryl methyl sites for hydroxylation is 1. The van der Waals surface area contributed by atoms with Crippen LogP contribution in [0.15, 0.2) is 60.7 Å². The second-order valence-electron chi connectivity index (χ2n) is 9.59. The fourth-order valence-corrected chi connectivity index (χ4v) is 3.48. The van der Waals surface area contributed by atoms with Crippen molar-refractivity contribution in [1.82, 2.24) is 10.6 Å². The Hall–Kier alpha value is -3.72. The number of alkyl carbamates (subject to hydrolysis) is 1. The molecule has 0 spiro atoms. The molecule has 0 aliphatic carbocycles. The van der Waals surface area contributed by atoms with Crippen LogP contribution in [-0.2, 0) is 36.9 Å². The lowest BCUT2D eigenvalue weighted by Crippen LogP contribution is -2.52. The summed E-state index contributed by atoms with van der Waals surface area (Å²) in [6.07, 6.45) is -0.307. The number of carbonyl (C=O) groups excluding carboxylic acids is 4. The topological polar surface area (TPSA) is 131 Å². The van der Waals surface area contributed by atoms with Crippen molar-refractivity contribution < 1.29 is 33.8 Å². The third-order valence-corrected chi connectivity index (χ3v) is 5.30. The molecule has 9 nitrogen and oxygen atoms in total. The largest absolute Gasteiger partial charge is 0.460 e. The summed E-state index contributed by atoms with van der Waals surface area (Å²) in [5.74, 6) is -1.75. The number of Topliss-reactive ketones (excluding diaryl/α,β-unsaturated/α-hetero) is 1. The molecule has 2 aromatic carbocycles. The molecule has 0 aliphatic heterocycles. The van der Waals surface area contributed by atoms with E-state index in [2.05, 4.69) is 10.6 Å². The van der Waals surface area contributed by atoms with E-state index in [0.29, 0.717) is 6.42 Å². The third-order valence-electron chi connectivity index (χ3n) is 5.30. The van der Waals surface area contributed by atoms with Gasteiger partial charge in [-0.05, 0) is 51.2 Å². The molecule has 37 heavy (non-hydrogen) atoms. The van der Waals surface area contributed by atoms with E-state index in [4.69, 9.17) is 9.47 Å². The number of ether oxygens (including phenoxy) is 2. The molecule has 0 saturated heterocycles. The van der Waals surface area contributed by atoms with E-state index < -0.39 is 48.0 Å². The van der Waals surface area contributed by atoms with Crippen LogP contribution < -0.4 is 10.6 Å². The van der Waals surface area contributed by atoms with Crippen LogP contribution in [0.1, 0.15) is 51.2 Å². The first-order chi connectivity index (χ1) is 17.6. The smallest absolute Gasteiger partial charge is 0.408 e. The van der Waals surface area contributed by atoms with Crippen molar-refractivity contribution in [2.75, 3.05) is 6.61 Å². The standard InChI is InChI=1S/C28H36N2O7/c1-28(2,3)37-25(33)17-16-23(30-27(35)36-19-21-12-8-5-9-13-21)26(34)29-22(24(32)18-31)15-14-20-10-6-4-7-11-20/h4-13,22-23,31H,14-19H2,1-3H3,(H,29,34)(H,30,35)/t22-,23-/m0/s1. The van der Waals surface area contributed by atoms with Gasteiger partial charge in [0.15, 0.2) is 5.78 Å². The van der Waals surface area contributed by atoms with E-state index in [1.54, 1.807) is 45.0 Å². The minimum absolute atomic E-state index is 0.00419. The fourth-order valence-electron chi connectivity index (χ4n) is 3.48. The van der Waals surface area contributed by atoms with Crippen molar-refractivity contribution in [2.24, 2.45) is 0 Å². The molecular formula is C28H36N2O7. The van der Waals surface area contributed by atoms with Crippen LogP contribution in [0.3, 0.4) is 0 Å². The van der Waals surface area contributed by atoms with Crippen molar-refractivity contribution in [3.8, 4) is 0 Å². The van der Waals surface area contributed by atoms with Gasteiger partial charge in [0.1, 0.15) is 24.9 Å². The molecule has 0 saturated carbocycles. The number of aliphatic hydroxyl groups excluding tert-OH is 1. The minimum Gasteiger partial charge on any atom is -0.460 e. The van der Waals surface area contributed by atoms with Crippen LogP contribution >= 0.6 is 0 Å². The minimum atomic E-state index is -1.17. The summed E-state index contributed by atoms with van der Waals surface area (Å²) in [7, 11) is 0. The molecule has 0 fully saturated rings. The Morgan fingerprint density at radius 2 is 1.43 bits per heavy atom. The highest BCUT2D eigenvalue weighted by molar-refractivity contribution is 5.92. The van der Waals surface area contributed by atoms with Crippen LogP contribution in [0.25, 0.3) is 0 Å². The Balaban J connectivity index is 2.06. The molecule has 2 rings (SSSR count). The molecule has 0 aromatic heterocycles. The molecule has 9 heteroatoms. The maximum absolute atomic E-state index is 13.1. The van der Waals surface area contributed by atoms with Crippen LogP contribution in [0.5, 0.6) is 0 Å². The van der Waals surface area contributed by atoms with Crippen molar-refractivity contribution in [1.29, 1.82) is 0 Å². The molecule has 0 unspecified atom stereocenters. The van der Waals surface area contributed by atoms with Crippen molar-refractivity contribution in [2.45, 2.75) is 70.7 Å². The van der Waals surface area contributed by atoms with Gasteiger partial charge in [-0.15, -0.1) is 0 Å². The molecule has 0 radical (unpaired) electrons. The average molecular weight is 513 g/mol. The second-order valence-corrected chi connectivity index (χ2v) is 9.59. The highest BCUT2D eigenvalue weighted by atomic mass is 16.6. The lowest BCUT2D eigenvalue weighted by atomic mass is 10.0. The number of hydrogen-bond donors (Lipinski definition) is 3. The van der Waals surface area contributed by atoms with Gasteiger partial charge in [-0.3, -0.25) is 14.4 Å². The second kappa shape index (κ2) is 14.7. The monoisotopic (exact) mass is 512 g/mol. The van der Waals surface area contributed by atoms with Gasteiger partial charge in [0.25, 0.3) is 0 Å². The molecular weight excluding hydrogens is 476 g/mol. The number of ketones is 1. The van der Waals surface area contributed by atoms with E-state index in [1.807, 2.05) is 36.4 Å². The predicted octanol–water partition coefficient (Wildman–Crippen LogP) is 3.08. The number of hydrogen-bond acceptors (Lipinski definition) is 7. The zero-order valence-electron chi connectivity index (χ0n) is 21.6. The van der Waals surface area contributed by atoms with Gasteiger partial charge in [-0.25, -0.2) is 4.79 Å². The number of nitrogens with one attached hydrogen (secondary N) is 2. The Morgan fingerprint density at radius 1 is 0.838 bits per heavy atom. The van der Waals surface area contributed by atoms with Crippen molar-refractivity contribution in [3.05, 3.63) is 71.8 Å². The maximum Gasteiger partial charge on any atom is 0.408 e. The van der Waals surface area contributed by atoms with Gasteiger partial charge in [0, 0.05) is 6.42 Å². The van der Waals surface area contributed by atoms with Crippen LogP contribution in [0.2, 0.25) is 0 Å². The van der Waals surface area contributed by atoms with Crippen LogP contribution in [-0.4, -0.2) is 53.2 Å². The highest BCUT2D eigenvalue weighted by Gasteiger charge is 2.28. The summed E-state index contributed by atoms with van der Waals surface area (Å²) in [6.45, 7) is 4.44. The number of esters is 1. The highest BCUT2D eigenvalue weighted by Crippen LogP contribution is 2.12. The first kappa shape index (κ1) is 29.5. The number of carbonyl (C=O) groups is 4. The van der Waals surface area contributed by atoms with Gasteiger partial charge >= 0.3 is 12.1 Å². The summed E-state index contributed by atoms with van der Waals surface area (Å²) in [5, 5.41) is 14.5. The number of benzene rings is 2. The predicted molar refractivity (Wildman–Crippen MR) is 137 cm³/mol. The summed E-state index contributed by atoms with van der Waals surface area (Å²) in [5.41, 5.74) is 1.03. The summed E-state index contributed by atoms with van der Waals surface area (Å²) >= 11 is 0. The number of aliphatic hydroxyl groups is 1. The molecule has 0 bridgehead atoms. The first-order valence-corrected chi connectivity index (χ1v) is 12.2. The SMILES string of the molecule is CC(C)(C)OC(=O)CC[C@H](NC(=O)OCc1ccccc1)C(=O)N[C@@H](CCc1ccccc1)C(=O)CO. The summed E-state index contributed by atoms with van der Waals surface area (Å²) < 4.78 is 10.5. The Morgan fingerprint density at radius 3 is 2.00 bits per heavy atom. The van der Waals surface area contributed by atoms with E-state index >= 15 is 0 Å². The number of rotatable bonds is 13. The lowest BCUT2D eigenvalue weighted by Gasteiger charge is -2.23. The Labute approximate surface area is 217 Å². The van der Waals surface area contributed by atoms with Gasteiger partial charge < -0.3 is 25.2 Å². The number of amides is 2. The average Bonchev–Trinajstić information content (AvgIpc) is 2.87. The maximum atomic E-state index is 13.1. The normalized spacial score (nSPS) is 12.6. The molecule has 2 atom stereocenters. The van der Waals surface area contributed by atoms with E-state index in [1.165, 1.54) is 0 Å². The van der Waals surface area contributed by atoms with E-state index in [9.17, 15) is 24.3 Å². The molecule has 0 heterocycles. The zero-order valence-corrected chi connectivity index (χ0v) is 21.6. The van der Waals surface area contributed by atoms with E-state index in [-0.39, 0.29) is 25.9 Å². The van der Waals surface area contributed by atoms with Crippen LogP contribution in [0.4, 0.5) is 4.79 Å². The summed E-state index contributed by atoms with van der Waals surface area (Å²) in [6, 6.07) is 16.3. The molecule has 200 valence electrons. The molecule has 2 aromatic rings. The summed E-state index contributed by atoms with van der Waals surface area (Å²) in [4.78, 5) is 50.2. The zero-order chi connectivity index (χ0) is 27.3. The van der Waals surface area contributed by atoms with Crippen molar-refractivity contribution >= 4 is 23.8 Å². The molecule has 0 aliphatic rings. The van der Waals surface area contributed by atoms with E-state index in [0.717, 1.165) is 11.1 Å². The Kier molecular flexibility index (Phi) is 11.8. The Bertz CT molecular complexity index is 1020. The van der Waals surface area contributed by atoms with Gasteiger partial charge in [-0.1, -0.05) is 60.7 Å². The quantitative estimate of drug-likeness (QED) is 0.352. The third kappa shape index (κ3) is 11.7. The van der Waals surface area contributed by atoms with Gasteiger partial charge in [-0.2, -0.15) is 0 Å². The van der Waals surface area contributed by atoms with Crippen LogP contribution in [0, 0.1) is 0 Å². The fraction of sp³-hybridized carbons (Fsp3) is 0.429.